The number of nitrogens with two attached hydrogens (primary N) is 2. The number of aryl methyl sites for hydroxylation is 1. The van der Waals surface area contributed by atoms with E-state index in [1.807, 2.05) is 6.20 Å². The third-order valence-corrected chi connectivity index (χ3v) is 5.78. The molecule has 0 unspecified atom stereocenters. The molecule has 1 aliphatic heterocycles. The van der Waals surface area contributed by atoms with Crippen LogP contribution in [0.2, 0.25) is 0 Å². The van der Waals surface area contributed by atoms with Gasteiger partial charge in [-0.05, 0) is 24.5 Å². The lowest BCUT2D eigenvalue weighted by molar-refractivity contribution is 0.264. The van der Waals surface area contributed by atoms with Crippen LogP contribution in [0.15, 0.2) is 18.5 Å². The highest BCUT2D eigenvalue weighted by Gasteiger charge is 2.19. The lowest BCUT2D eigenvalue weighted by Crippen LogP contribution is -2.48. The summed E-state index contributed by atoms with van der Waals surface area (Å²) in [7, 11) is 0. The summed E-state index contributed by atoms with van der Waals surface area (Å²) >= 11 is 0. The second-order valence-electron chi connectivity index (χ2n) is 8.24. The van der Waals surface area contributed by atoms with Crippen LogP contribution < -0.4 is 21.1 Å². The molecule has 1 aliphatic rings. The Balaban J connectivity index is 1.49. The molecule has 0 saturated carbocycles. The van der Waals surface area contributed by atoms with E-state index in [1.165, 1.54) is 5.56 Å². The summed E-state index contributed by atoms with van der Waals surface area (Å²) in [6, 6.07) is 2.47. The highest BCUT2D eigenvalue weighted by atomic mass is 16.5. The quantitative estimate of drug-likeness (QED) is 0.474. The number of piperazine rings is 1. The van der Waals surface area contributed by atoms with E-state index < -0.39 is 0 Å². The van der Waals surface area contributed by atoms with E-state index in [2.05, 4.69) is 44.8 Å². The predicted octanol–water partition coefficient (Wildman–Crippen LogP) is 1.26. The average molecular weight is 440 g/mol. The summed E-state index contributed by atoms with van der Waals surface area (Å²) in [6.07, 6.45) is 6.36. The smallest absolute Gasteiger partial charge is 0.336 e. The van der Waals surface area contributed by atoms with Crippen molar-refractivity contribution in [2.45, 2.75) is 33.1 Å². The first-order valence-corrected chi connectivity index (χ1v) is 11.3. The van der Waals surface area contributed by atoms with E-state index in [4.69, 9.17) is 21.2 Å². The third kappa shape index (κ3) is 4.91. The Kier molecular flexibility index (Phi) is 7.01. The van der Waals surface area contributed by atoms with E-state index in [-0.39, 0.29) is 6.01 Å². The van der Waals surface area contributed by atoms with Crippen molar-refractivity contribution in [2.75, 3.05) is 56.5 Å². The molecule has 172 valence electrons. The van der Waals surface area contributed by atoms with Crippen LogP contribution in [-0.4, -0.2) is 75.3 Å². The van der Waals surface area contributed by atoms with Crippen LogP contribution in [0, 0.1) is 6.92 Å². The third-order valence-electron chi connectivity index (χ3n) is 5.78. The van der Waals surface area contributed by atoms with Gasteiger partial charge in [0.25, 0.3) is 0 Å². The molecule has 10 heteroatoms. The van der Waals surface area contributed by atoms with Crippen molar-refractivity contribution >= 4 is 17.3 Å². The molecule has 0 radical (unpaired) electrons. The minimum atomic E-state index is 0.279. The van der Waals surface area contributed by atoms with E-state index >= 15 is 0 Å². The summed E-state index contributed by atoms with van der Waals surface area (Å²) in [5.41, 5.74) is 15.5. The number of ether oxygens (including phenoxy) is 1. The van der Waals surface area contributed by atoms with Gasteiger partial charge in [-0.3, -0.25) is 4.90 Å². The summed E-state index contributed by atoms with van der Waals surface area (Å²) in [5, 5.41) is 4.50. The Morgan fingerprint density at radius 1 is 1.12 bits per heavy atom. The normalized spacial score (nSPS) is 14.9. The summed E-state index contributed by atoms with van der Waals surface area (Å²) in [4.78, 5) is 18.2. The first kappa shape index (κ1) is 22.2. The van der Waals surface area contributed by atoms with Crippen LogP contribution in [0.4, 0.5) is 11.6 Å². The second kappa shape index (κ2) is 10.1. The first-order chi connectivity index (χ1) is 15.6. The summed E-state index contributed by atoms with van der Waals surface area (Å²) < 4.78 is 7.38. The van der Waals surface area contributed by atoms with E-state index in [0.717, 1.165) is 62.6 Å². The van der Waals surface area contributed by atoms with E-state index in [1.54, 1.807) is 10.7 Å². The second-order valence-corrected chi connectivity index (χ2v) is 8.24. The number of unbranched alkanes of at least 4 members (excludes halogenated alkanes) is 1. The molecule has 0 aromatic carbocycles. The molecule has 3 aromatic rings. The zero-order valence-corrected chi connectivity index (χ0v) is 19.0. The lowest BCUT2D eigenvalue weighted by atomic mass is 10.1. The molecule has 0 spiro atoms. The van der Waals surface area contributed by atoms with Crippen LogP contribution >= 0.6 is 0 Å². The Hall–Kier alpha value is -2.98. The Morgan fingerprint density at radius 2 is 1.94 bits per heavy atom. The molecular formula is C22H33N9O. The van der Waals surface area contributed by atoms with Gasteiger partial charge in [-0.1, -0.05) is 19.4 Å². The molecule has 3 aromatic heterocycles. The van der Waals surface area contributed by atoms with Gasteiger partial charge in [-0.15, -0.1) is 5.10 Å². The van der Waals surface area contributed by atoms with Gasteiger partial charge in [0.05, 0.1) is 18.5 Å². The number of fused-ring (bicyclic) bond motifs is 1. The molecule has 10 nitrogen and oxygen atoms in total. The molecule has 1 saturated heterocycles. The number of hydrogen-bond acceptors (Lipinski definition) is 9. The monoisotopic (exact) mass is 439 g/mol. The van der Waals surface area contributed by atoms with Crippen molar-refractivity contribution in [1.82, 2.24) is 29.5 Å². The molecule has 0 aliphatic carbocycles. The molecular weight excluding hydrogens is 406 g/mol. The van der Waals surface area contributed by atoms with Crippen molar-refractivity contribution in [3.05, 3.63) is 35.3 Å². The van der Waals surface area contributed by atoms with Gasteiger partial charge >= 0.3 is 6.01 Å². The van der Waals surface area contributed by atoms with Gasteiger partial charge in [0.1, 0.15) is 5.82 Å². The minimum absolute atomic E-state index is 0.279. The number of pyridine rings is 1. The van der Waals surface area contributed by atoms with Crippen LogP contribution in [0.25, 0.3) is 5.65 Å². The van der Waals surface area contributed by atoms with Crippen LogP contribution in [-0.2, 0) is 6.42 Å². The van der Waals surface area contributed by atoms with Crippen molar-refractivity contribution in [1.29, 1.82) is 0 Å². The van der Waals surface area contributed by atoms with Gasteiger partial charge in [-0.25, -0.2) is 14.5 Å². The van der Waals surface area contributed by atoms with Gasteiger partial charge in [-0.2, -0.15) is 4.98 Å². The molecule has 32 heavy (non-hydrogen) atoms. The highest BCUT2D eigenvalue weighted by Crippen LogP contribution is 2.22. The van der Waals surface area contributed by atoms with Crippen molar-refractivity contribution in [2.24, 2.45) is 5.73 Å². The van der Waals surface area contributed by atoms with Gasteiger partial charge in [0.15, 0.2) is 11.5 Å². The fourth-order valence-electron chi connectivity index (χ4n) is 4.05. The van der Waals surface area contributed by atoms with Gasteiger partial charge < -0.3 is 21.1 Å². The topological polar surface area (TPSA) is 124 Å². The van der Waals surface area contributed by atoms with Crippen molar-refractivity contribution < 1.29 is 4.74 Å². The Morgan fingerprint density at radius 3 is 2.66 bits per heavy atom. The number of nitrogen functional groups attached to an aromatic ring is 1. The summed E-state index contributed by atoms with van der Waals surface area (Å²) in [5.74, 6) is 1.37. The Labute approximate surface area is 188 Å². The largest absolute Gasteiger partial charge is 0.462 e. The standard InChI is InChI=1S/C22H33N9O/c1-3-4-11-32-22-27-19(24)21-26-15-18(31(21)28-22)13-17-12-16(2)20(25-14-17)30-9-7-29(6-5-23)8-10-30/h12,14-15H,3-11,13,23H2,1-2H3,(H2,24,27,28). The SMILES string of the molecule is CCCCOc1nc(N)c2ncc(Cc3cnc(N4CCN(CCN)CC4)c(C)c3)n2n1. The average Bonchev–Trinajstić information content (AvgIpc) is 3.18. The number of anilines is 2. The maximum Gasteiger partial charge on any atom is 0.336 e. The van der Waals surface area contributed by atoms with Crippen molar-refractivity contribution in [3.63, 3.8) is 0 Å². The van der Waals surface area contributed by atoms with Gasteiger partial charge in [0.2, 0.25) is 0 Å². The maximum atomic E-state index is 6.08. The fraction of sp³-hybridized carbons (Fsp3) is 0.545. The van der Waals surface area contributed by atoms with Gasteiger partial charge in [0, 0.05) is 51.9 Å². The Bertz CT molecular complexity index is 1040. The number of hydrogen-bond donors (Lipinski definition) is 2. The number of aromatic nitrogens is 5. The number of rotatable bonds is 9. The van der Waals surface area contributed by atoms with Crippen LogP contribution in [0.5, 0.6) is 6.01 Å². The van der Waals surface area contributed by atoms with E-state index in [0.29, 0.717) is 31.0 Å². The van der Waals surface area contributed by atoms with Crippen molar-refractivity contribution in [3.8, 4) is 6.01 Å². The van der Waals surface area contributed by atoms with Crippen LogP contribution in [0.3, 0.4) is 0 Å². The zero-order chi connectivity index (χ0) is 22.5. The molecule has 0 atom stereocenters. The molecule has 1 fully saturated rings. The lowest BCUT2D eigenvalue weighted by Gasteiger charge is -2.35. The molecule has 4 N–H and O–H groups in total. The number of imidazole rings is 1. The maximum absolute atomic E-state index is 6.08. The predicted molar refractivity (Wildman–Crippen MR) is 125 cm³/mol. The molecule has 0 bridgehead atoms. The minimum Gasteiger partial charge on any atom is -0.462 e. The highest BCUT2D eigenvalue weighted by molar-refractivity contribution is 5.60. The zero-order valence-electron chi connectivity index (χ0n) is 19.0. The summed E-state index contributed by atoms with van der Waals surface area (Å²) in [6.45, 7) is 10.4. The molecule has 0 amide bonds. The van der Waals surface area contributed by atoms with Crippen LogP contribution in [0.1, 0.15) is 36.6 Å². The molecule has 4 rings (SSSR count). The molecule has 4 heterocycles. The first-order valence-electron chi connectivity index (χ1n) is 11.3. The van der Waals surface area contributed by atoms with E-state index in [9.17, 15) is 0 Å². The number of nitrogens with zero attached hydrogens (tertiary/aromatic N) is 7. The fourth-order valence-corrected chi connectivity index (χ4v) is 4.05.